The maximum Gasteiger partial charge on any atom is 0.524 e. The number of amides is 10. The van der Waals surface area contributed by atoms with Crippen molar-refractivity contribution in [2.75, 3.05) is 13.7 Å². The number of carboxylic acid groups (broad SMARTS) is 2. The van der Waals surface area contributed by atoms with Crippen molar-refractivity contribution in [3.8, 4) is 17.2 Å². The van der Waals surface area contributed by atoms with Crippen LogP contribution in [-0.2, 0) is 97.0 Å². The number of nitrogens with two attached hydrogens (primary N) is 1. The molecule has 0 bridgehead atoms. The van der Waals surface area contributed by atoms with Gasteiger partial charge in [0.25, 0.3) is 0 Å². The number of rotatable bonds is 43. The normalized spacial score (nSPS) is 15.3. The van der Waals surface area contributed by atoms with Gasteiger partial charge in [-0.15, -0.1) is 0 Å². The van der Waals surface area contributed by atoms with Crippen molar-refractivity contribution in [3.63, 3.8) is 0 Å². The molecule has 0 saturated heterocycles. The van der Waals surface area contributed by atoms with Gasteiger partial charge in [-0.05, 0) is 87.8 Å². The van der Waals surface area contributed by atoms with Crippen LogP contribution in [0.15, 0.2) is 85.3 Å². The van der Waals surface area contributed by atoms with E-state index in [9.17, 15) is 102 Å². The molecule has 0 aliphatic carbocycles. The van der Waals surface area contributed by atoms with Crippen LogP contribution in [0.25, 0.3) is 0 Å². The second-order valence-corrected chi connectivity index (χ2v) is 27.9. The summed E-state index contributed by atoms with van der Waals surface area (Å²) in [6.45, 7) is 8.84. The second kappa shape index (κ2) is 41.1. The largest absolute Gasteiger partial charge is 0.524 e. The Kier molecular flexibility index (Phi) is 34.3. The Morgan fingerprint density at radius 1 is 0.594 bits per heavy atom. The minimum absolute atomic E-state index is 0.0412. The van der Waals surface area contributed by atoms with Crippen molar-refractivity contribution in [1.82, 2.24) is 62.7 Å². The molecule has 1 aromatic heterocycles. The van der Waals surface area contributed by atoms with Crippen LogP contribution in [-0.4, -0.2) is 223 Å². The summed E-state index contributed by atoms with van der Waals surface area (Å²) in [5.41, 5.74) is 7.00. The van der Waals surface area contributed by atoms with Crippen molar-refractivity contribution in [2.24, 2.45) is 17.6 Å². The molecule has 10 amide bonds. The number of nitrogens with zero attached hydrogens (tertiary/aromatic N) is 2. The van der Waals surface area contributed by atoms with Gasteiger partial charge in [-0.1, -0.05) is 70.2 Å². The number of methoxy groups -OCH3 is 1. The standard InChI is InChI=1S/C65H93N13O26P2/c1-32(2)23-48(78(30-40-17-20-43(102-9)27-49(40)81)64(93)47(25-38-13-11-10-12-14-38)71-50(82)29-68-61(90)53(35(6)79)75-57(86)44(66)26-41-28-67-31-69-41)60(89)77-55(37(8)103-105(96,97)98)63(92)72-45(21-22-51(83)84)58(87)73-46(24-39-15-18-42(19-16-39)104-106(99,100)101)59(88)74-52(33(3)4)62(91)70-34(5)56(85)76-54(36(7)80)65(94)95/h10-20,27-28,31-37,44-48,52-55,79-81H,21-26,29-30,66H2,1-9H3,(H,67,69)(H,68,90)(H,70,91)(H,71,82)(H,72,92)(H,73,87)(H,74,88)(H,75,86)(H,76,85)(H,77,89)(H,83,84)(H,94,95)(H2,96,97,98)(H2,99,100,101)/t34-,35+,36+,37+,44-,45-,46-,47-,48-,52-,53-,54-,55-/m0/s1. The van der Waals surface area contributed by atoms with E-state index in [1.165, 1.54) is 70.7 Å². The number of aliphatic carboxylic acids is 2. The lowest BCUT2D eigenvalue weighted by Crippen LogP contribution is -2.63. The van der Waals surface area contributed by atoms with E-state index in [1.807, 2.05) is 0 Å². The average Bonchev–Trinajstić information content (AvgIpc) is 0.874. The van der Waals surface area contributed by atoms with Gasteiger partial charge in [-0.25, -0.2) is 18.9 Å². The molecule has 584 valence electrons. The molecule has 0 fully saturated rings. The molecule has 1 heterocycles. The lowest BCUT2D eigenvalue weighted by Gasteiger charge is -2.36. The predicted molar refractivity (Wildman–Crippen MR) is 371 cm³/mol. The summed E-state index contributed by atoms with van der Waals surface area (Å²) in [4.78, 5) is 214. The van der Waals surface area contributed by atoms with Gasteiger partial charge in [0, 0.05) is 49.2 Å². The zero-order chi connectivity index (χ0) is 79.7. The maximum atomic E-state index is 15.7. The molecule has 4 rings (SSSR count). The highest BCUT2D eigenvalue weighted by Crippen LogP contribution is 2.39. The zero-order valence-electron chi connectivity index (χ0n) is 59.2. The van der Waals surface area contributed by atoms with Crippen molar-refractivity contribution in [2.45, 2.75) is 179 Å². The van der Waals surface area contributed by atoms with Gasteiger partial charge in [-0.2, -0.15) is 0 Å². The summed E-state index contributed by atoms with van der Waals surface area (Å²) in [5.74, 6) is -16.9. The number of carboxylic acids is 2. The van der Waals surface area contributed by atoms with Gasteiger partial charge in [0.05, 0.1) is 50.9 Å². The van der Waals surface area contributed by atoms with Crippen molar-refractivity contribution in [3.05, 3.63) is 108 Å². The number of phenols is 1. The first-order valence-corrected chi connectivity index (χ1v) is 36.0. The van der Waals surface area contributed by atoms with Crippen LogP contribution in [0.5, 0.6) is 17.2 Å². The van der Waals surface area contributed by atoms with Crippen LogP contribution in [0.3, 0.4) is 0 Å². The number of ether oxygens (including phenoxy) is 1. The summed E-state index contributed by atoms with van der Waals surface area (Å²) in [6.07, 6.45) is -5.59. The summed E-state index contributed by atoms with van der Waals surface area (Å²) in [7, 11) is -9.49. The fourth-order valence-electron chi connectivity index (χ4n) is 10.4. The smallest absolute Gasteiger partial charge is 0.507 e. The van der Waals surface area contributed by atoms with Crippen LogP contribution in [0.2, 0.25) is 0 Å². The van der Waals surface area contributed by atoms with Gasteiger partial charge in [0.15, 0.2) is 6.04 Å². The number of hydrogen-bond acceptors (Lipinski definition) is 22. The summed E-state index contributed by atoms with van der Waals surface area (Å²) in [6, 6.07) is -1.19. The lowest BCUT2D eigenvalue weighted by atomic mass is 9.97. The second-order valence-electron chi connectivity index (χ2n) is 25.5. The molecule has 21 N–H and O–H groups in total. The number of phosphoric acid groups is 2. The van der Waals surface area contributed by atoms with Crippen molar-refractivity contribution in [1.29, 1.82) is 0 Å². The minimum atomic E-state index is -5.68. The van der Waals surface area contributed by atoms with Gasteiger partial charge in [-0.3, -0.25) is 67.1 Å². The van der Waals surface area contributed by atoms with Crippen molar-refractivity contribution >= 4 is 86.7 Å². The van der Waals surface area contributed by atoms with E-state index in [0.29, 0.717) is 11.3 Å². The molecular weight excluding hydrogens is 1440 g/mol. The molecule has 0 spiro atoms. The third-order valence-corrected chi connectivity index (χ3v) is 17.0. The number of nitrogens with one attached hydrogen (secondary N) is 10. The van der Waals surface area contributed by atoms with Gasteiger partial charge in [0.2, 0.25) is 59.1 Å². The van der Waals surface area contributed by atoms with Crippen LogP contribution in [0.1, 0.15) is 97.0 Å². The van der Waals surface area contributed by atoms with Gasteiger partial charge < -0.3 is 108 Å². The molecule has 41 heteroatoms. The Bertz CT molecular complexity index is 3780. The Hall–Kier alpha value is -9.95. The van der Waals surface area contributed by atoms with E-state index < -0.39 is 215 Å². The van der Waals surface area contributed by atoms with E-state index in [2.05, 4.69) is 62.3 Å². The quantitative estimate of drug-likeness (QED) is 0.0200. The van der Waals surface area contributed by atoms with E-state index in [1.54, 1.807) is 44.2 Å². The zero-order valence-corrected chi connectivity index (χ0v) is 61.0. The first kappa shape index (κ1) is 88.4. The van der Waals surface area contributed by atoms with E-state index in [-0.39, 0.29) is 41.9 Å². The Morgan fingerprint density at radius 2 is 1.15 bits per heavy atom. The molecule has 0 aliphatic heterocycles. The number of carbonyl (C=O) groups excluding carboxylic acids is 10. The lowest BCUT2D eigenvalue weighted by molar-refractivity contribution is -0.146. The SMILES string of the molecule is COc1ccc(CN(C(=O)[C@H](Cc2ccccc2)NC(=O)CNC(=O)[C@@H](NC(=O)[C@@H](N)Cc2cnc[nH]2)[C@@H](C)O)[C@@H](CC(C)C)C(=O)N[C@H](C(=O)N[C@@H](CCC(=O)O)C(=O)N[C@@H](Cc2ccc(OP(=O)(O)O)cc2)C(=O)N[C@H](C(=O)N[C@@H](C)C(=O)N[C@H](C(=O)O)[C@@H](C)O)C(C)C)[C@@H](C)OP(=O)(O)O)c(O)c1. The summed E-state index contributed by atoms with van der Waals surface area (Å²) >= 11 is 0. The number of hydrogen-bond donors (Lipinski definition) is 20. The first-order chi connectivity index (χ1) is 49.5. The number of aliphatic hydroxyl groups is 2. The molecule has 106 heavy (non-hydrogen) atoms. The number of aromatic hydroxyl groups is 1. The average molecular weight is 1530 g/mol. The number of aliphatic hydroxyl groups excluding tert-OH is 2. The predicted octanol–water partition coefficient (Wildman–Crippen LogP) is -2.73. The molecular formula is C65H93N13O26P2. The van der Waals surface area contributed by atoms with Crippen LogP contribution in [0, 0.1) is 11.8 Å². The highest BCUT2D eigenvalue weighted by atomic mass is 31.2. The molecule has 0 saturated carbocycles. The number of phosphoric ester groups is 2. The molecule has 0 radical (unpaired) electrons. The highest BCUT2D eigenvalue weighted by Gasteiger charge is 2.42. The highest BCUT2D eigenvalue weighted by molar-refractivity contribution is 7.46. The first-order valence-electron chi connectivity index (χ1n) is 33.0. The number of phenolic OH excluding ortho intramolecular Hbond substituents is 1. The molecule has 39 nitrogen and oxygen atoms in total. The fraction of sp³-hybridized carbons (Fsp3) is 0.492. The molecule has 3 aromatic carbocycles. The third kappa shape index (κ3) is 29.5. The van der Waals surface area contributed by atoms with Gasteiger partial charge in [0.1, 0.15) is 65.6 Å². The molecule has 0 aliphatic rings. The fourth-order valence-corrected chi connectivity index (χ4v) is 11.4. The van der Waals surface area contributed by atoms with E-state index in [4.69, 9.17) is 15.0 Å². The number of benzene rings is 3. The number of carbonyl (C=O) groups is 12. The van der Waals surface area contributed by atoms with Crippen LogP contribution in [0.4, 0.5) is 0 Å². The summed E-state index contributed by atoms with van der Waals surface area (Å²) < 4.78 is 39.0. The molecule has 13 atom stereocenters. The molecule has 4 aromatic rings. The molecule has 0 unspecified atom stereocenters. The Morgan fingerprint density at radius 3 is 1.69 bits per heavy atom. The topological polar surface area (TPSA) is 615 Å². The Labute approximate surface area is 608 Å². The van der Waals surface area contributed by atoms with Crippen molar-refractivity contribution < 1.29 is 126 Å². The number of aromatic amines is 1. The number of imidazole rings is 1. The van der Waals surface area contributed by atoms with E-state index in [0.717, 1.165) is 37.8 Å². The monoisotopic (exact) mass is 1530 g/mol. The van der Waals surface area contributed by atoms with Gasteiger partial charge >= 0.3 is 27.6 Å². The Balaban J connectivity index is 1.81. The van der Waals surface area contributed by atoms with Crippen LogP contribution < -0.4 is 62.8 Å². The summed E-state index contributed by atoms with van der Waals surface area (Å²) in [5, 5.41) is 72.4. The van der Waals surface area contributed by atoms with Crippen LogP contribution >= 0.6 is 15.6 Å². The number of aromatic nitrogens is 2. The maximum absolute atomic E-state index is 15.7. The van der Waals surface area contributed by atoms with E-state index >= 15 is 9.59 Å². The third-order valence-electron chi connectivity index (χ3n) is 15.9. The number of H-pyrrole nitrogens is 1. The minimum Gasteiger partial charge on any atom is -0.507 e.